The van der Waals surface area contributed by atoms with E-state index < -0.39 is 5.97 Å². The molecule has 0 aliphatic carbocycles. The van der Waals surface area contributed by atoms with E-state index >= 15 is 0 Å². The molecule has 0 amide bonds. The molecule has 0 aliphatic heterocycles. The molecule has 0 spiro atoms. The number of aromatic hydroxyl groups is 1. The molecular weight excluding hydrogens is 645 g/mol. The Morgan fingerprint density at radius 1 is 0.959 bits per heavy atom. The fourth-order valence-electron chi connectivity index (χ4n) is 7.05. The van der Waals surface area contributed by atoms with Gasteiger partial charge in [-0.1, -0.05) is 23.7 Å². The molecule has 3 aromatic heterocycles. The molecule has 49 heavy (non-hydrogen) atoms. The summed E-state index contributed by atoms with van der Waals surface area (Å²) < 4.78 is 24.7. The van der Waals surface area contributed by atoms with Crippen molar-refractivity contribution in [3.05, 3.63) is 99.3 Å². The average Bonchev–Trinajstić information content (AvgIpc) is 3.73. The van der Waals surface area contributed by atoms with Crippen molar-refractivity contribution in [1.29, 1.82) is 0 Å². The van der Waals surface area contributed by atoms with E-state index in [-0.39, 0.29) is 18.2 Å². The highest BCUT2D eigenvalue weighted by atomic mass is 35.5. The van der Waals surface area contributed by atoms with Gasteiger partial charge in [0, 0.05) is 49.3 Å². The van der Waals surface area contributed by atoms with Crippen molar-refractivity contribution in [2.75, 3.05) is 13.7 Å². The summed E-state index contributed by atoms with van der Waals surface area (Å²) in [5.74, 6) is -0.594. The smallest absolute Gasteiger partial charge is 0.354 e. The molecule has 3 aromatic carbocycles. The lowest BCUT2D eigenvalue weighted by molar-refractivity contribution is 0.0587. The largest absolute Gasteiger partial charge is 0.507 e. The number of phenols is 1. The molecule has 256 valence electrons. The molecule has 3 heterocycles. The van der Waals surface area contributed by atoms with Gasteiger partial charge < -0.3 is 19.5 Å². The number of esters is 1. The Hall–Kier alpha value is -4.67. The summed E-state index contributed by atoms with van der Waals surface area (Å²) in [7, 11) is 5.22. The summed E-state index contributed by atoms with van der Waals surface area (Å²) in [6, 6.07) is 14.0. The number of phenolic OH excluding ortho intramolecular Hbond substituents is 1. The van der Waals surface area contributed by atoms with E-state index in [0.717, 1.165) is 75.9 Å². The van der Waals surface area contributed by atoms with E-state index in [0.29, 0.717) is 47.3 Å². The van der Waals surface area contributed by atoms with Crippen LogP contribution in [0, 0.1) is 5.82 Å². The van der Waals surface area contributed by atoms with Gasteiger partial charge in [-0.25, -0.2) is 9.18 Å². The van der Waals surface area contributed by atoms with Gasteiger partial charge in [0.1, 0.15) is 17.3 Å². The first kappa shape index (κ1) is 34.2. The highest BCUT2D eigenvalue weighted by Gasteiger charge is 2.27. The molecule has 0 bridgehead atoms. The molecule has 9 nitrogen and oxygen atoms in total. The molecule has 0 radical (unpaired) electrons. The van der Waals surface area contributed by atoms with Gasteiger partial charge in [-0.05, 0) is 110 Å². The standard InChI is InChI=1S/C38H41ClFN5O4/c1-5-45-36-31(30(10-7-17-46)37(45)38(48)49-4)15-16-32(39)34(36)35-24(22-41-44(35)3)8-6-9-27-21-28(43(2)42-27)13-11-23-18-25-20-26(40)12-14-29(25)33(47)19-23/h12,14-16,18-22,46-47H,5-11,13,17H2,1-4H3. The Labute approximate surface area is 289 Å². The van der Waals surface area contributed by atoms with Gasteiger partial charge in [0.2, 0.25) is 0 Å². The zero-order valence-corrected chi connectivity index (χ0v) is 29.0. The number of carbonyl (C=O) groups is 1. The monoisotopic (exact) mass is 685 g/mol. The van der Waals surface area contributed by atoms with E-state index in [9.17, 15) is 19.4 Å². The van der Waals surface area contributed by atoms with E-state index in [4.69, 9.17) is 21.4 Å². The van der Waals surface area contributed by atoms with E-state index in [1.165, 1.54) is 19.2 Å². The lowest BCUT2D eigenvalue weighted by atomic mass is 9.98. The first-order valence-corrected chi connectivity index (χ1v) is 17.0. The average molecular weight is 686 g/mol. The van der Waals surface area contributed by atoms with Gasteiger partial charge in [0.25, 0.3) is 0 Å². The molecule has 11 heteroatoms. The highest BCUT2D eigenvalue weighted by molar-refractivity contribution is 6.35. The van der Waals surface area contributed by atoms with Crippen LogP contribution in [-0.4, -0.2) is 54.0 Å². The number of halogens is 2. The van der Waals surface area contributed by atoms with Crippen LogP contribution in [0.3, 0.4) is 0 Å². The second-order valence-corrected chi connectivity index (χ2v) is 12.8. The lowest BCUT2D eigenvalue weighted by Gasteiger charge is -2.14. The van der Waals surface area contributed by atoms with Gasteiger partial charge in [0.15, 0.2) is 0 Å². The SMILES string of the molecule is CCn1c(C(=O)OC)c(CCCO)c2ccc(Cl)c(-c3c(CCCc4cc(CCc5cc(O)c6ccc(F)cc6c5)n(C)n4)cnn3C)c21. The van der Waals surface area contributed by atoms with Crippen LogP contribution in [0.25, 0.3) is 32.9 Å². The zero-order valence-electron chi connectivity index (χ0n) is 28.3. The third-order valence-corrected chi connectivity index (χ3v) is 9.65. The van der Waals surface area contributed by atoms with E-state index in [2.05, 4.69) is 11.2 Å². The van der Waals surface area contributed by atoms with Gasteiger partial charge in [-0.3, -0.25) is 9.36 Å². The number of rotatable bonds is 13. The summed E-state index contributed by atoms with van der Waals surface area (Å²) in [6.45, 7) is 2.54. The molecule has 0 fully saturated rings. The van der Waals surface area contributed by atoms with Crippen LogP contribution in [0.1, 0.15) is 58.3 Å². The number of aromatic nitrogens is 5. The molecule has 0 atom stereocenters. The number of carbonyl (C=O) groups excluding carboxylic acids is 1. The Bertz CT molecular complexity index is 2170. The van der Waals surface area contributed by atoms with Crippen LogP contribution in [0.15, 0.2) is 54.7 Å². The van der Waals surface area contributed by atoms with Crippen molar-refractivity contribution in [1.82, 2.24) is 24.1 Å². The maximum absolute atomic E-state index is 13.8. The molecule has 6 aromatic rings. The molecule has 0 saturated heterocycles. The number of benzene rings is 3. The van der Waals surface area contributed by atoms with E-state index in [1.54, 1.807) is 12.1 Å². The predicted octanol–water partition coefficient (Wildman–Crippen LogP) is 7.12. The van der Waals surface area contributed by atoms with Gasteiger partial charge in [0.05, 0.1) is 35.2 Å². The summed E-state index contributed by atoms with van der Waals surface area (Å²) in [4.78, 5) is 13.1. The fourth-order valence-corrected chi connectivity index (χ4v) is 7.29. The van der Waals surface area contributed by atoms with Crippen LogP contribution in [-0.2, 0) is 57.5 Å². The number of methoxy groups -OCH3 is 1. The number of ether oxygens (including phenoxy) is 1. The second-order valence-electron chi connectivity index (χ2n) is 12.4. The fraction of sp³-hybridized carbons (Fsp3) is 0.342. The quantitative estimate of drug-likeness (QED) is 0.125. The summed E-state index contributed by atoms with van der Waals surface area (Å²) in [6.07, 6.45) is 6.67. The molecular formula is C38H41ClFN5O4. The number of aryl methyl sites for hydroxylation is 8. The number of hydrogen-bond donors (Lipinski definition) is 2. The first-order chi connectivity index (χ1) is 23.6. The zero-order chi connectivity index (χ0) is 34.8. The molecule has 0 saturated carbocycles. The minimum atomic E-state index is -0.418. The van der Waals surface area contributed by atoms with Crippen molar-refractivity contribution < 1.29 is 24.1 Å². The number of fused-ring (bicyclic) bond motifs is 2. The maximum atomic E-state index is 13.8. The molecule has 2 N–H and O–H groups in total. The number of aliphatic hydroxyl groups excluding tert-OH is 1. The van der Waals surface area contributed by atoms with Crippen molar-refractivity contribution in [2.24, 2.45) is 14.1 Å². The van der Waals surface area contributed by atoms with Crippen LogP contribution < -0.4 is 0 Å². The van der Waals surface area contributed by atoms with Crippen molar-refractivity contribution in [3.63, 3.8) is 0 Å². The summed E-state index contributed by atoms with van der Waals surface area (Å²) in [5.41, 5.74) is 7.94. The number of aliphatic hydroxyl groups is 1. The van der Waals surface area contributed by atoms with Crippen molar-refractivity contribution in [3.8, 4) is 17.0 Å². The lowest BCUT2D eigenvalue weighted by Crippen LogP contribution is -2.12. The Balaban J connectivity index is 1.23. The third-order valence-electron chi connectivity index (χ3n) is 9.34. The Morgan fingerprint density at radius 2 is 1.76 bits per heavy atom. The highest BCUT2D eigenvalue weighted by Crippen LogP contribution is 2.41. The Kier molecular flexibility index (Phi) is 10.1. The third kappa shape index (κ3) is 6.67. The van der Waals surface area contributed by atoms with Crippen LogP contribution in [0.2, 0.25) is 5.02 Å². The van der Waals surface area contributed by atoms with Crippen LogP contribution >= 0.6 is 11.6 Å². The van der Waals surface area contributed by atoms with Gasteiger partial charge >= 0.3 is 5.97 Å². The number of nitrogens with zero attached hydrogens (tertiary/aromatic N) is 5. The summed E-state index contributed by atoms with van der Waals surface area (Å²) >= 11 is 6.96. The maximum Gasteiger partial charge on any atom is 0.354 e. The van der Waals surface area contributed by atoms with Gasteiger partial charge in [-0.15, -0.1) is 0 Å². The minimum Gasteiger partial charge on any atom is -0.507 e. The van der Waals surface area contributed by atoms with Crippen molar-refractivity contribution in [2.45, 2.75) is 58.4 Å². The summed E-state index contributed by atoms with van der Waals surface area (Å²) in [5, 5.41) is 32.2. The predicted molar refractivity (Wildman–Crippen MR) is 190 cm³/mol. The Morgan fingerprint density at radius 3 is 2.51 bits per heavy atom. The number of hydrogen-bond acceptors (Lipinski definition) is 6. The van der Waals surface area contributed by atoms with Crippen LogP contribution in [0.4, 0.5) is 4.39 Å². The van der Waals surface area contributed by atoms with E-state index in [1.807, 2.05) is 59.3 Å². The van der Waals surface area contributed by atoms with Crippen molar-refractivity contribution >= 4 is 39.2 Å². The van der Waals surface area contributed by atoms with Gasteiger partial charge in [-0.2, -0.15) is 10.2 Å². The molecule has 0 aliphatic rings. The first-order valence-electron chi connectivity index (χ1n) is 16.6. The minimum absolute atomic E-state index is 0.0147. The second kappa shape index (κ2) is 14.4. The van der Waals surface area contributed by atoms with Crippen LogP contribution in [0.5, 0.6) is 5.75 Å². The topological polar surface area (TPSA) is 107 Å². The molecule has 6 rings (SSSR count). The normalized spacial score (nSPS) is 11.7. The molecule has 0 unspecified atom stereocenters.